The van der Waals surface area contributed by atoms with E-state index in [1.54, 1.807) is 10.9 Å². The molecule has 5 nitrogen and oxygen atoms in total. The smallest absolute Gasteiger partial charge is 0.258 e. The van der Waals surface area contributed by atoms with Crippen LogP contribution in [0, 0.1) is 0 Å². The maximum atomic E-state index is 12.1. The molecule has 134 valence electrons. The number of nitrogens with zero attached hydrogens (tertiary/aromatic N) is 2. The van der Waals surface area contributed by atoms with E-state index in [0.29, 0.717) is 17.5 Å². The van der Waals surface area contributed by atoms with Crippen molar-refractivity contribution >= 4 is 17.5 Å². The minimum Gasteiger partial charge on any atom is -0.483 e. The molecule has 1 aliphatic carbocycles. The van der Waals surface area contributed by atoms with Crippen LogP contribution in [0.15, 0.2) is 30.6 Å². The summed E-state index contributed by atoms with van der Waals surface area (Å²) in [7, 11) is 1.85. The number of ether oxygens (including phenoxy) is 1. The third-order valence-corrected chi connectivity index (χ3v) is 4.86. The number of hydrogen-bond donors (Lipinski definition) is 1. The van der Waals surface area contributed by atoms with Gasteiger partial charge in [0, 0.05) is 30.4 Å². The molecular formula is C19H24ClN3O2. The minimum absolute atomic E-state index is 0.00160. The number of amides is 1. The predicted molar refractivity (Wildman–Crippen MR) is 97.8 cm³/mol. The first kappa shape index (κ1) is 17.8. The molecular weight excluding hydrogens is 338 g/mol. The Morgan fingerprint density at radius 1 is 1.36 bits per heavy atom. The molecule has 0 spiro atoms. The van der Waals surface area contributed by atoms with Crippen molar-refractivity contribution in [1.29, 1.82) is 0 Å². The SMILES string of the molecule is Cn1cc(CNC(=O)COc2ccc(Cl)cc2C2CCCCC2)cn1. The van der Waals surface area contributed by atoms with E-state index < -0.39 is 0 Å². The zero-order chi connectivity index (χ0) is 17.6. The third kappa shape index (κ3) is 4.98. The van der Waals surface area contributed by atoms with Gasteiger partial charge in [-0.25, -0.2) is 0 Å². The van der Waals surface area contributed by atoms with Crippen LogP contribution in [-0.4, -0.2) is 22.3 Å². The Hall–Kier alpha value is -2.01. The summed E-state index contributed by atoms with van der Waals surface area (Å²) in [4.78, 5) is 12.1. The molecule has 25 heavy (non-hydrogen) atoms. The van der Waals surface area contributed by atoms with Crippen LogP contribution in [0.5, 0.6) is 5.75 Å². The molecule has 1 heterocycles. The van der Waals surface area contributed by atoms with Gasteiger partial charge in [-0.3, -0.25) is 9.48 Å². The highest BCUT2D eigenvalue weighted by Gasteiger charge is 2.20. The highest BCUT2D eigenvalue weighted by Crippen LogP contribution is 2.38. The summed E-state index contributed by atoms with van der Waals surface area (Å²) in [6, 6.07) is 5.68. The zero-order valence-corrected chi connectivity index (χ0v) is 15.3. The third-order valence-electron chi connectivity index (χ3n) is 4.62. The second-order valence-corrected chi connectivity index (χ2v) is 7.04. The number of carbonyl (C=O) groups is 1. The van der Waals surface area contributed by atoms with E-state index in [0.717, 1.165) is 29.7 Å². The van der Waals surface area contributed by atoms with Crippen molar-refractivity contribution < 1.29 is 9.53 Å². The fourth-order valence-corrected chi connectivity index (χ4v) is 3.52. The lowest BCUT2D eigenvalue weighted by atomic mass is 9.84. The lowest BCUT2D eigenvalue weighted by Crippen LogP contribution is -2.28. The second-order valence-electron chi connectivity index (χ2n) is 6.60. The van der Waals surface area contributed by atoms with Crippen molar-refractivity contribution in [2.75, 3.05) is 6.61 Å². The van der Waals surface area contributed by atoms with Crippen LogP contribution in [0.25, 0.3) is 0 Å². The monoisotopic (exact) mass is 361 g/mol. The van der Waals surface area contributed by atoms with Crippen LogP contribution in [0.4, 0.5) is 0 Å². The van der Waals surface area contributed by atoms with E-state index in [4.69, 9.17) is 16.3 Å². The van der Waals surface area contributed by atoms with Crippen molar-refractivity contribution in [3.8, 4) is 5.75 Å². The van der Waals surface area contributed by atoms with Gasteiger partial charge in [0.25, 0.3) is 5.91 Å². The van der Waals surface area contributed by atoms with Gasteiger partial charge in [-0.1, -0.05) is 30.9 Å². The molecule has 0 bridgehead atoms. The molecule has 0 unspecified atom stereocenters. The molecule has 1 amide bonds. The molecule has 2 aromatic rings. The summed E-state index contributed by atoms with van der Waals surface area (Å²) in [5.41, 5.74) is 2.09. The van der Waals surface area contributed by atoms with Gasteiger partial charge in [0.05, 0.1) is 6.20 Å². The molecule has 1 fully saturated rings. The fraction of sp³-hybridized carbons (Fsp3) is 0.474. The minimum atomic E-state index is -0.145. The highest BCUT2D eigenvalue weighted by molar-refractivity contribution is 6.30. The van der Waals surface area contributed by atoms with Gasteiger partial charge < -0.3 is 10.1 Å². The Balaban J connectivity index is 1.57. The van der Waals surface area contributed by atoms with Crippen LogP contribution < -0.4 is 10.1 Å². The highest BCUT2D eigenvalue weighted by atomic mass is 35.5. The van der Waals surface area contributed by atoms with Crippen LogP contribution >= 0.6 is 11.6 Å². The molecule has 1 saturated carbocycles. The van der Waals surface area contributed by atoms with Crippen LogP contribution in [-0.2, 0) is 18.4 Å². The number of halogens is 1. The molecule has 0 saturated heterocycles. The quantitative estimate of drug-likeness (QED) is 0.851. The average molecular weight is 362 g/mol. The van der Waals surface area contributed by atoms with E-state index in [2.05, 4.69) is 10.4 Å². The van der Waals surface area contributed by atoms with Gasteiger partial charge in [-0.15, -0.1) is 0 Å². The van der Waals surface area contributed by atoms with Gasteiger partial charge in [-0.05, 0) is 42.5 Å². The van der Waals surface area contributed by atoms with Gasteiger partial charge in [0.15, 0.2) is 6.61 Å². The predicted octanol–water partition coefficient (Wildman–Crippen LogP) is 3.82. The second kappa shape index (κ2) is 8.39. The van der Waals surface area contributed by atoms with Crippen LogP contribution in [0.1, 0.15) is 49.1 Å². The summed E-state index contributed by atoms with van der Waals surface area (Å²) in [6.45, 7) is 0.452. The van der Waals surface area contributed by atoms with Crippen molar-refractivity contribution in [2.24, 2.45) is 7.05 Å². The maximum Gasteiger partial charge on any atom is 0.258 e. The molecule has 0 atom stereocenters. The number of rotatable bonds is 6. The van der Waals surface area contributed by atoms with E-state index in [1.165, 1.54) is 19.3 Å². The topological polar surface area (TPSA) is 56.2 Å². The largest absolute Gasteiger partial charge is 0.483 e. The van der Waals surface area contributed by atoms with Crippen molar-refractivity contribution in [2.45, 2.75) is 44.6 Å². The number of carbonyl (C=O) groups excluding carboxylic acids is 1. The van der Waals surface area contributed by atoms with E-state index in [-0.39, 0.29) is 12.5 Å². The van der Waals surface area contributed by atoms with E-state index >= 15 is 0 Å². The van der Waals surface area contributed by atoms with Gasteiger partial charge >= 0.3 is 0 Å². The summed E-state index contributed by atoms with van der Waals surface area (Å²) < 4.78 is 7.52. The Morgan fingerprint density at radius 2 is 2.16 bits per heavy atom. The molecule has 1 N–H and O–H groups in total. The Morgan fingerprint density at radius 3 is 2.88 bits per heavy atom. The summed E-state index contributed by atoms with van der Waals surface area (Å²) in [6.07, 6.45) is 9.70. The molecule has 3 rings (SSSR count). The Labute approximate surface area is 153 Å². The first-order chi connectivity index (χ1) is 12.1. The van der Waals surface area contributed by atoms with Gasteiger partial charge in [0.2, 0.25) is 0 Å². The summed E-state index contributed by atoms with van der Waals surface area (Å²) >= 11 is 6.18. The first-order valence-corrected chi connectivity index (χ1v) is 9.16. The van der Waals surface area contributed by atoms with E-state index in [1.807, 2.05) is 31.4 Å². The summed E-state index contributed by atoms with van der Waals surface area (Å²) in [5, 5.41) is 7.65. The Bertz CT molecular complexity index is 723. The standard InChI is InChI=1S/C19H24ClN3O2/c1-23-12-14(11-22-23)10-21-19(24)13-25-18-8-7-16(20)9-17(18)15-5-3-2-4-6-15/h7-9,11-12,15H,2-6,10,13H2,1H3,(H,21,24). The molecule has 0 radical (unpaired) electrons. The van der Waals surface area contributed by atoms with Gasteiger partial charge in [0.1, 0.15) is 5.75 Å². The summed E-state index contributed by atoms with van der Waals surface area (Å²) in [5.74, 6) is 1.10. The molecule has 0 aliphatic heterocycles. The number of aryl methyl sites for hydroxylation is 1. The Kier molecular flexibility index (Phi) is 5.97. The zero-order valence-electron chi connectivity index (χ0n) is 14.5. The fourth-order valence-electron chi connectivity index (χ4n) is 3.34. The molecule has 1 aromatic carbocycles. The lowest BCUT2D eigenvalue weighted by Gasteiger charge is -2.24. The molecule has 1 aliphatic rings. The molecule has 6 heteroatoms. The van der Waals surface area contributed by atoms with Crippen LogP contribution in [0.3, 0.4) is 0 Å². The normalized spacial score (nSPS) is 15.1. The lowest BCUT2D eigenvalue weighted by molar-refractivity contribution is -0.123. The van der Waals surface area contributed by atoms with Gasteiger partial charge in [-0.2, -0.15) is 5.10 Å². The van der Waals surface area contributed by atoms with Crippen molar-refractivity contribution in [3.05, 3.63) is 46.7 Å². The maximum absolute atomic E-state index is 12.1. The van der Waals surface area contributed by atoms with Crippen LogP contribution in [0.2, 0.25) is 5.02 Å². The number of benzene rings is 1. The average Bonchev–Trinajstić information content (AvgIpc) is 3.05. The first-order valence-electron chi connectivity index (χ1n) is 8.78. The van der Waals surface area contributed by atoms with E-state index in [9.17, 15) is 4.79 Å². The molecule has 1 aromatic heterocycles. The number of aromatic nitrogens is 2. The van der Waals surface area contributed by atoms with Crippen molar-refractivity contribution in [3.63, 3.8) is 0 Å². The van der Waals surface area contributed by atoms with Crippen molar-refractivity contribution in [1.82, 2.24) is 15.1 Å². The number of hydrogen-bond acceptors (Lipinski definition) is 3. The number of nitrogens with one attached hydrogen (secondary N) is 1.